The van der Waals surface area contributed by atoms with Crippen LogP contribution in [-0.4, -0.2) is 31.1 Å². The van der Waals surface area contributed by atoms with Crippen LogP contribution in [0.25, 0.3) is 10.9 Å². The first-order valence-electron chi connectivity index (χ1n) is 10.5. The number of benzene rings is 2. The van der Waals surface area contributed by atoms with Gasteiger partial charge in [-0.15, -0.1) is 0 Å². The van der Waals surface area contributed by atoms with Gasteiger partial charge in [-0.05, 0) is 81.1 Å². The Bertz CT molecular complexity index is 1000. The zero-order valence-corrected chi connectivity index (χ0v) is 17.4. The van der Waals surface area contributed by atoms with Gasteiger partial charge in [0.15, 0.2) is 0 Å². The summed E-state index contributed by atoms with van der Waals surface area (Å²) in [6, 6.07) is 14.2. The number of H-pyrrole nitrogens is 1. The Labute approximate surface area is 172 Å². The highest BCUT2D eigenvalue weighted by Crippen LogP contribution is 2.34. The molecule has 1 aromatic heterocycles. The molecule has 1 aliphatic carbocycles. The van der Waals surface area contributed by atoms with Crippen molar-refractivity contribution in [2.75, 3.05) is 30.4 Å². The zero-order valence-electron chi connectivity index (χ0n) is 17.4. The van der Waals surface area contributed by atoms with Crippen LogP contribution in [0.4, 0.5) is 11.4 Å². The number of methoxy groups -OCH3 is 1. The number of hydrogen-bond donors (Lipinski definition) is 2. The molecular formula is C24H29N3O2. The van der Waals surface area contributed by atoms with Gasteiger partial charge in [0, 0.05) is 47.0 Å². The number of carbonyl (C=O) groups is 1. The van der Waals surface area contributed by atoms with Gasteiger partial charge in [-0.3, -0.25) is 4.79 Å². The third kappa shape index (κ3) is 3.82. The molecule has 0 bridgehead atoms. The highest BCUT2D eigenvalue weighted by atomic mass is 16.5. The first kappa shape index (κ1) is 19.4. The molecule has 1 aliphatic rings. The molecule has 2 N–H and O–H groups in total. The van der Waals surface area contributed by atoms with Crippen molar-refractivity contribution in [1.82, 2.24) is 4.98 Å². The molecule has 4 rings (SSSR count). The van der Waals surface area contributed by atoms with Crippen LogP contribution in [0.15, 0.2) is 42.5 Å². The van der Waals surface area contributed by atoms with E-state index < -0.39 is 0 Å². The lowest BCUT2D eigenvalue weighted by Gasteiger charge is -2.23. The van der Waals surface area contributed by atoms with Crippen LogP contribution in [0.2, 0.25) is 0 Å². The molecule has 2 aromatic carbocycles. The van der Waals surface area contributed by atoms with Gasteiger partial charge in [0.05, 0.1) is 7.11 Å². The Morgan fingerprint density at radius 1 is 1.17 bits per heavy atom. The Hall–Kier alpha value is -2.95. The first-order chi connectivity index (χ1) is 14.1. The van der Waals surface area contributed by atoms with Crippen LogP contribution >= 0.6 is 0 Å². The second-order valence-electron chi connectivity index (χ2n) is 7.64. The monoisotopic (exact) mass is 391 g/mol. The minimum absolute atomic E-state index is 0.0184. The van der Waals surface area contributed by atoms with Gasteiger partial charge in [-0.1, -0.05) is 0 Å². The summed E-state index contributed by atoms with van der Waals surface area (Å²) in [5, 5.41) is 4.28. The number of anilines is 2. The van der Waals surface area contributed by atoms with Crippen molar-refractivity contribution in [3.63, 3.8) is 0 Å². The molecule has 0 fully saturated rings. The van der Waals surface area contributed by atoms with Crippen LogP contribution < -0.4 is 15.0 Å². The molecule has 0 aliphatic heterocycles. The van der Waals surface area contributed by atoms with Crippen LogP contribution in [0.3, 0.4) is 0 Å². The van der Waals surface area contributed by atoms with E-state index in [4.69, 9.17) is 4.74 Å². The van der Waals surface area contributed by atoms with Gasteiger partial charge < -0.3 is 19.9 Å². The maximum atomic E-state index is 12.9. The van der Waals surface area contributed by atoms with Gasteiger partial charge in [0.2, 0.25) is 5.91 Å². The summed E-state index contributed by atoms with van der Waals surface area (Å²) in [6.45, 7) is 6.25. The molecule has 3 aromatic rings. The number of aryl methyl sites for hydroxylation is 1. The Morgan fingerprint density at radius 2 is 1.93 bits per heavy atom. The summed E-state index contributed by atoms with van der Waals surface area (Å²) in [5.74, 6) is 0.929. The largest absolute Gasteiger partial charge is 0.497 e. The minimum atomic E-state index is -0.0184. The summed E-state index contributed by atoms with van der Waals surface area (Å²) in [5.41, 5.74) is 5.66. The molecule has 0 spiro atoms. The average Bonchev–Trinajstić information content (AvgIpc) is 3.12. The first-order valence-corrected chi connectivity index (χ1v) is 10.5. The number of hydrogen-bond acceptors (Lipinski definition) is 3. The highest BCUT2D eigenvalue weighted by Gasteiger charge is 2.27. The Kier molecular flexibility index (Phi) is 5.47. The molecule has 1 atom stereocenters. The van der Waals surface area contributed by atoms with Crippen LogP contribution in [0, 0.1) is 5.92 Å². The maximum absolute atomic E-state index is 12.9. The lowest BCUT2D eigenvalue weighted by Crippen LogP contribution is -2.28. The van der Waals surface area contributed by atoms with E-state index in [-0.39, 0.29) is 11.8 Å². The zero-order chi connectivity index (χ0) is 20.4. The maximum Gasteiger partial charge on any atom is 0.227 e. The summed E-state index contributed by atoms with van der Waals surface area (Å²) in [4.78, 5) is 18.7. The van der Waals surface area contributed by atoms with E-state index in [1.54, 1.807) is 7.11 Å². The molecule has 1 heterocycles. The average molecular weight is 392 g/mol. The quantitative estimate of drug-likeness (QED) is 0.637. The molecule has 1 amide bonds. The number of aromatic nitrogens is 1. The van der Waals surface area contributed by atoms with Gasteiger partial charge in [0.1, 0.15) is 5.75 Å². The lowest BCUT2D eigenvalue weighted by atomic mass is 9.85. The fourth-order valence-corrected chi connectivity index (χ4v) is 4.34. The fraction of sp³-hybridized carbons (Fsp3) is 0.375. The number of nitrogens with one attached hydrogen (secondary N) is 2. The summed E-state index contributed by atoms with van der Waals surface area (Å²) >= 11 is 0. The summed E-state index contributed by atoms with van der Waals surface area (Å²) in [6.07, 6.45) is 2.51. The van der Waals surface area contributed by atoms with E-state index in [9.17, 15) is 4.79 Å². The molecule has 1 unspecified atom stereocenters. The van der Waals surface area contributed by atoms with E-state index in [0.717, 1.165) is 49.3 Å². The number of ether oxygens (including phenoxy) is 1. The molecule has 29 heavy (non-hydrogen) atoms. The van der Waals surface area contributed by atoms with E-state index in [2.05, 4.69) is 53.3 Å². The number of rotatable bonds is 6. The van der Waals surface area contributed by atoms with Crippen LogP contribution in [0.5, 0.6) is 5.75 Å². The van der Waals surface area contributed by atoms with Crippen LogP contribution in [0.1, 0.15) is 31.5 Å². The topological polar surface area (TPSA) is 57.4 Å². The number of aromatic amines is 1. The van der Waals surface area contributed by atoms with Crippen molar-refractivity contribution in [2.45, 2.75) is 33.1 Å². The van der Waals surface area contributed by atoms with Gasteiger partial charge in [0.25, 0.3) is 0 Å². The molecule has 5 heteroatoms. The van der Waals surface area contributed by atoms with Gasteiger partial charge in [-0.2, -0.15) is 0 Å². The Balaban J connectivity index is 1.48. The summed E-state index contributed by atoms with van der Waals surface area (Å²) in [7, 11) is 1.68. The second-order valence-corrected chi connectivity index (χ2v) is 7.64. The second kappa shape index (κ2) is 8.19. The van der Waals surface area contributed by atoms with E-state index >= 15 is 0 Å². The Morgan fingerprint density at radius 3 is 2.62 bits per heavy atom. The third-order valence-corrected chi connectivity index (χ3v) is 6.03. The molecule has 0 saturated heterocycles. The van der Waals surface area contributed by atoms with Crippen molar-refractivity contribution in [1.29, 1.82) is 0 Å². The van der Waals surface area contributed by atoms with Gasteiger partial charge >= 0.3 is 0 Å². The lowest BCUT2D eigenvalue weighted by molar-refractivity contribution is -0.120. The molecule has 0 radical (unpaired) electrons. The predicted molar refractivity (Wildman–Crippen MR) is 119 cm³/mol. The van der Waals surface area contributed by atoms with Crippen LogP contribution in [-0.2, 0) is 17.6 Å². The fourth-order valence-electron chi connectivity index (χ4n) is 4.34. The van der Waals surface area contributed by atoms with Crippen molar-refractivity contribution in [3.05, 3.63) is 53.7 Å². The number of nitrogens with zero attached hydrogens (tertiary/aromatic N) is 1. The number of amides is 1. The molecular weight excluding hydrogens is 362 g/mol. The van der Waals surface area contributed by atoms with Gasteiger partial charge in [-0.25, -0.2) is 0 Å². The molecule has 0 saturated carbocycles. The third-order valence-electron chi connectivity index (χ3n) is 6.03. The summed E-state index contributed by atoms with van der Waals surface area (Å²) < 4.78 is 5.38. The smallest absolute Gasteiger partial charge is 0.227 e. The van der Waals surface area contributed by atoms with Crippen molar-refractivity contribution in [2.24, 2.45) is 5.92 Å². The number of carbonyl (C=O) groups excluding carboxylic acids is 1. The predicted octanol–water partition coefficient (Wildman–Crippen LogP) is 4.77. The SMILES string of the molecule is CCN(CC)c1ccc(NC(=O)C2CCc3[nH]c4ccc(OC)cc4c3C2)cc1. The van der Waals surface area contributed by atoms with E-state index in [1.807, 2.05) is 18.2 Å². The van der Waals surface area contributed by atoms with Crippen molar-refractivity contribution in [3.8, 4) is 5.75 Å². The van der Waals surface area contributed by atoms with E-state index in [0.29, 0.717) is 0 Å². The highest BCUT2D eigenvalue weighted by molar-refractivity contribution is 5.94. The standard InChI is InChI=1S/C24H29N3O2/c1-4-27(5-2)18-9-7-17(8-10-18)25-24(28)16-6-12-22-20(14-16)21-15-19(29-3)11-13-23(21)26-22/h7-11,13,15-16,26H,4-6,12,14H2,1-3H3,(H,25,28). The number of fused-ring (bicyclic) bond motifs is 3. The molecule has 152 valence electrons. The normalized spacial score (nSPS) is 15.8. The van der Waals surface area contributed by atoms with Crippen molar-refractivity contribution >= 4 is 28.2 Å². The van der Waals surface area contributed by atoms with Crippen molar-refractivity contribution < 1.29 is 9.53 Å². The van der Waals surface area contributed by atoms with E-state index in [1.165, 1.54) is 22.3 Å². The minimum Gasteiger partial charge on any atom is -0.497 e. The molecule has 5 nitrogen and oxygen atoms in total.